The van der Waals surface area contributed by atoms with E-state index in [0.29, 0.717) is 16.9 Å². The maximum Gasteiger partial charge on any atom is 0.187 e. The largest absolute Gasteiger partial charge is 0.496 e. The second-order valence-electron chi connectivity index (χ2n) is 5.32. The Labute approximate surface area is 128 Å². The summed E-state index contributed by atoms with van der Waals surface area (Å²) in [6.07, 6.45) is 1.07. The molecule has 0 bridgehead atoms. The first-order valence-corrected chi connectivity index (χ1v) is 8.71. The quantitative estimate of drug-likeness (QED) is 0.772. The van der Waals surface area contributed by atoms with E-state index in [1.807, 2.05) is 13.0 Å². The van der Waals surface area contributed by atoms with Crippen LogP contribution in [-0.4, -0.2) is 32.3 Å². The highest BCUT2D eigenvalue weighted by molar-refractivity contribution is 9.10. The maximum absolute atomic E-state index is 12.7. The van der Waals surface area contributed by atoms with Crippen molar-refractivity contribution in [3.05, 3.63) is 27.2 Å². The van der Waals surface area contributed by atoms with E-state index < -0.39 is 20.4 Å². The van der Waals surface area contributed by atoms with E-state index in [1.165, 1.54) is 21.0 Å². The third kappa shape index (κ3) is 2.76. The van der Waals surface area contributed by atoms with E-state index in [2.05, 4.69) is 15.9 Å². The number of ketones is 1. The third-order valence-corrected chi connectivity index (χ3v) is 6.43. The Bertz CT molecular complexity index is 660. The molecule has 0 amide bonds. The van der Waals surface area contributed by atoms with Crippen LogP contribution in [0.2, 0.25) is 0 Å². The lowest BCUT2D eigenvalue weighted by Gasteiger charge is -2.24. The fourth-order valence-corrected chi connectivity index (χ4v) is 2.84. The van der Waals surface area contributed by atoms with Crippen molar-refractivity contribution in [2.24, 2.45) is 0 Å². The Morgan fingerprint density at radius 2 is 1.80 bits per heavy atom. The number of carbonyl (C=O) groups is 1. The molecule has 6 heteroatoms. The zero-order valence-corrected chi connectivity index (χ0v) is 14.9. The fourth-order valence-electron chi connectivity index (χ4n) is 1.86. The van der Waals surface area contributed by atoms with Crippen LogP contribution in [0.3, 0.4) is 0 Å². The number of carbonyl (C=O) groups excluding carboxylic acids is 1. The fraction of sp³-hybridized carbons (Fsp3) is 0.500. The molecule has 0 aliphatic carbocycles. The Balaban J connectivity index is 3.67. The van der Waals surface area contributed by atoms with Crippen LogP contribution in [0.15, 0.2) is 10.5 Å². The Morgan fingerprint density at radius 1 is 1.30 bits per heavy atom. The van der Waals surface area contributed by atoms with Crippen LogP contribution < -0.4 is 4.74 Å². The third-order valence-electron chi connectivity index (χ3n) is 3.57. The molecule has 1 rings (SSSR count). The number of hydrogen-bond donors (Lipinski definition) is 0. The van der Waals surface area contributed by atoms with Gasteiger partial charge in [0.05, 0.1) is 12.7 Å². The Kier molecular flexibility index (Phi) is 4.71. The normalized spacial score (nSPS) is 12.3. The summed E-state index contributed by atoms with van der Waals surface area (Å²) in [7, 11) is -2.07. The molecule has 1 aromatic rings. The van der Waals surface area contributed by atoms with Gasteiger partial charge in [0.25, 0.3) is 0 Å². The van der Waals surface area contributed by atoms with Gasteiger partial charge >= 0.3 is 0 Å². The van der Waals surface area contributed by atoms with E-state index in [0.717, 1.165) is 16.3 Å². The van der Waals surface area contributed by atoms with Crippen LogP contribution in [0, 0.1) is 13.8 Å². The zero-order valence-electron chi connectivity index (χ0n) is 12.5. The van der Waals surface area contributed by atoms with Gasteiger partial charge in [-0.3, -0.25) is 4.79 Å². The van der Waals surface area contributed by atoms with Gasteiger partial charge in [0, 0.05) is 10.7 Å². The highest BCUT2D eigenvalue weighted by atomic mass is 79.9. The second-order valence-corrected chi connectivity index (χ2v) is 8.74. The average molecular weight is 363 g/mol. The number of Topliss-reactive ketones (excluding diaryl/α,β-unsaturated/α-hetero) is 1. The van der Waals surface area contributed by atoms with Gasteiger partial charge < -0.3 is 4.74 Å². The molecule has 0 aromatic heterocycles. The summed E-state index contributed by atoms with van der Waals surface area (Å²) in [4.78, 5) is 12.7. The molecule has 0 fully saturated rings. The highest BCUT2D eigenvalue weighted by Gasteiger charge is 2.41. The smallest absolute Gasteiger partial charge is 0.187 e. The van der Waals surface area contributed by atoms with Crippen molar-refractivity contribution in [2.75, 3.05) is 13.4 Å². The first kappa shape index (κ1) is 17.2. The first-order valence-electron chi connectivity index (χ1n) is 6.03. The van der Waals surface area contributed by atoms with E-state index in [-0.39, 0.29) is 0 Å². The van der Waals surface area contributed by atoms with Gasteiger partial charge in [-0.15, -0.1) is 0 Å². The molecule has 0 aliphatic rings. The molecular formula is C14H19BrO4S. The number of ether oxygens (including phenoxy) is 1. The number of methoxy groups -OCH3 is 1. The second kappa shape index (κ2) is 5.48. The van der Waals surface area contributed by atoms with E-state index in [1.54, 1.807) is 6.92 Å². The number of benzene rings is 1. The molecule has 0 atom stereocenters. The van der Waals surface area contributed by atoms with Crippen molar-refractivity contribution in [2.45, 2.75) is 32.4 Å². The summed E-state index contributed by atoms with van der Waals surface area (Å²) in [5, 5.41) is 0. The standard InChI is InChI=1S/C14H19BrO4S/c1-8-7-10(15)9(2)11(12(8)19-5)13(16)14(3,4)20(6,17)18/h7H,1-6H3. The van der Waals surface area contributed by atoms with Crippen molar-refractivity contribution < 1.29 is 17.9 Å². The minimum Gasteiger partial charge on any atom is -0.496 e. The zero-order chi connectivity index (χ0) is 15.9. The van der Waals surface area contributed by atoms with Crippen molar-refractivity contribution in [1.29, 1.82) is 0 Å². The molecule has 0 aliphatic heterocycles. The first-order chi connectivity index (χ1) is 8.95. The maximum atomic E-state index is 12.7. The summed E-state index contributed by atoms with van der Waals surface area (Å²) >= 11 is 3.39. The van der Waals surface area contributed by atoms with Gasteiger partial charge in [-0.2, -0.15) is 0 Å². The predicted octanol–water partition coefficient (Wildman–Crippen LogP) is 3.08. The van der Waals surface area contributed by atoms with Gasteiger partial charge in [0.15, 0.2) is 15.6 Å². The van der Waals surface area contributed by atoms with Gasteiger partial charge in [-0.25, -0.2) is 8.42 Å². The van der Waals surface area contributed by atoms with Crippen molar-refractivity contribution >= 4 is 31.6 Å². The van der Waals surface area contributed by atoms with Gasteiger partial charge in [0.1, 0.15) is 10.5 Å². The van der Waals surface area contributed by atoms with Crippen LogP contribution >= 0.6 is 15.9 Å². The molecular weight excluding hydrogens is 344 g/mol. The lowest BCUT2D eigenvalue weighted by Crippen LogP contribution is -2.40. The monoisotopic (exact) mass is 362 g/mol. The molecule has 1 aromatic carbocycles. The van der Waals surface area contributed by atoms with E-state index in [9.17, 15) is 13.2 Å². The summed E-state index contributed by atoms with van der Waals surface area (Å²) in [5.74, 6) is -0.0359. The summed E-state index contributed by atoms with van der Waals surface area (Å²) < 4.78 is 28.3. The van der Waals surface area contributed by atoms with Gasteiger partial charge in [-0.1, -0.05) is 15.9 Å². The summed E-state index contributed by atoms with van der Waals surface area (Å²) in [6.45, 7) is 6.41. The number of halogens is 1. The lowest BCUT2D eigenvalue weighted by atomic mass is 9.93. The molecule has 0 spiro atoms. The number of sulfone groups is 1. The van der Waals surface area contributed by atoms with Crippen molar-refractivity contribution in [1.82, 2.24) is 0 Å². The van der Waals surface area contributed by atoms with Crippen LogP contribution in [-0.2, 0) is 9.84 Å². The highest BCUT2D eigenvalue weighted by Crippen LogP contribution is 2.36. The minimum atomic E-state index is -3.54. The van der Waals surface area contributed by atoms with Crippen LogP contribution in [0.5, 0.6) is 5.75 Å². The summed E-state index contributed by atoms with van der Waals surface area (Å²) in [5.41, 5.74) is 1.77. The lowest BCUT2D eigenvalue weighted by molar-refractivity contribution is 0.0950. The van der Waals surface area contributed by atoms with E-state index in [4.69, 9.17) is 4.74 Å². The van der Waals surface area contributed by atoms with Gasteiger partial charge in [0.2, 0.25) is 0 Å². The molecule has 0 saturated heterocycles. The number of hydrogen-bond acceptors (Lipinski definition) is 4. The molecule has 4 nitrogen and oxygen atoms in total. The Hall–Kier alpha value is -0.880. The minimum absolute atomic E-state index is 0.315. The average Bonchev–Trinajstić information content (AvgIpc) is 2.31. The molecule has 112 valence electrons. The van der Waals surface area contributed by atoms with Gasteiger partial charge in [-0.05, 0) is 44.9 Å². The molecule has 0 unspecified atom stereocenters. The predicted molar refractivity (Wildman–Crippen MR) is 83.4 cm³/mol. The molecule has 0 saturated carbocycles. The SMILES string of the molecule is COc1c(C)cc(Br)c(C)c1C(=O)C(C)(C)S(C)(=O)=O. The van der Waals surface area contributed by atoms with Crippen molar-refractivity contribution in [3.63, 3.8) is 0 Å². The van der Waals surface area contributed by atoms with Crippen molar-refractivity contribution in [3.8, 4) is 5.75 Å². The van der Waals surface area contributed by atoms with Crippen LogP contribution in [0.25, 0.3) is 0 Å². The summed E-state index contributed by atoms with van der Waals surface area (Å²) in [6, 6.07) is 1.85. The number of aryl methyl sites for hydroxylation is 1. The molecule has 20 heavy (non-hydrogen) atoms. The topological polar surface area (TPSA) is 60.4 Å². The molecule has 0 heterocycles. The van der Waals surface area contributed by atoms with Crippen LogP contribution in [0.4, 0.5) is 0 Å². The van der Waals surface area contributed by atoms with Crippen LogP contribution in [0.1, 0.15) is 35.3 Å². The van der Waals surface area contributed by atoms with E-state index >= 15 is 0 Å². The molecule has 0 radical (unpaired) electrons. The Morgan fingerprint density at radius 3 is 2.20 bits per heavy atom. The number of rotatable bonds is 4. The molecule has 0 N–H and O–H groups in total.